The highest BCUT2D eigenvalue weighted by Gasteiger charge is 2.09. The Morgan fingerprint density at radius 3 is 2.59 bits per heavy atom. The van der Waals surface area contributed by atoms with Gasteiger partial charge in [-0.3, -0.25) is 4.79 Å². The van der Waals surface area contributed by atoms with Crippen molar-refractivity contribution in [1.82, 2.24) is 0 Å². The molecule has 22 heavy (non-hydrogen) atoms. The summed E-state index contributed by atoms with van der Waals surface area (Å²) in [6.45, 7) is -0.0741. The van der Waals surface area contributed by atoms with Crippen LogP contribution < -0.4 is 19.5 Å². The van der Waals surface area contributed by atoms with Crippen molar-refractivity contribution < 1.29 is 19.0 Å². The van der Waals surface area contributed by atoms with Gasteiger partial charge in [0.05, 0.1) is 19.9 Å². The maximum Gasteiger partial charge on any atom is 0.262 e. The highest BCUT2D eigenvalue weighted by Crippen LogP contribution is 2.28. The number of anilines is 1. The first-order valence-corrected chi connectivity index (χ1v) is 7.60. The van der Waals surface area contributed by atoms with Crippen LogP contribution in [-0.2, 0) is 4.79 Å². The van der Waals surface area contributed by atoms with Crippen LogP contribution in [-0.4, -0.2) is 26.7 Å². The van der Waals surface area contributed by atoms with Gasteiger partial charge in [0, 0.05) is 9.64 Å². The zero-order valence-electron chi connectivity index (χ0n) is 12.3. The first-order valence-electron chi connectivity index (χ1n) is 6.52. The fraction of sp³-hybridized carbons (Fsp3) is 0.188. The average Bonchev–Trinajstić information content (AvgIpc) is 2.53. The molecule has 0 aliphatic carbocycles. The van der Waals surface area contributed by atoms with Crippen molar-refractivity contribution in [3.05, 3.63) is 46.0 Å². The Morgan fingerprint density at radius 1 is 1.09 bits per heavy atom. The second-order valence-electron chi connectivity index (χ2n) is 4.36. The quantitative estimate of drug-likeness (QED) is 0.739. The second-order valence-corrected chi connectivity index (χ2v) is 5.61. The summed E-state index contributed by atoms with van der Waals surface area (Å²) < 4.78 is 16.9. The van der Waals surface area contributed by atoms with Crippen LogP contribution in [0.2, 0.25) is 0 Å². The molecule has 0 bridgehead atoms. The standard InChI is InChI=1S/C16H16INO4/c1-20-12-6-7-14(15(9-12)21-2)18-16(19)10-22-13-5-3-4-11(17)8-13/h3-9H,10H2,1-2H3,(H,18,19). The van der Waals surface area contributed by atoms with E-state index in [2.05, 4.69) is 27.9 Å². The first kappa shape index (κ1) is 16.4. The van der Waals surface area contributed by atoms with Gasteiger partial charge in [0.2, 0.25) is 0 Å². The van der Waals surface area contributed by atoms with Crippen molar-refractivity contribution in [3.8, 4) is 17.2 Å². The fourth-order valence-corrected chi connectivity index (χ4v) is 2.31. The fourth-order valence-electron chi connectivity index (χ4n) is 1.79. The number of hydrogen-bond donors (Lipinski definition) is 1. The van der Waals surface area contributed by atoms with Gasteiger partial charge in [-0.1, -0.05) is 6.07 Å². The molecule has 0 spiro atoms. The zero-order chi connectivity index (χ0) is 15.9. The smallest absolute Gasteiger partial charge is 0.262 e. The number of halogens is 1. The van der Waals surface area contributed by atoms with Gasteiger partial charge in [0.25, 0.3) is 5.91 Å². The summed E-state index contributed by atoms with van der Waals surface area (Å²) in [4.78, 5) is 12.0. The summed E-state index contributed by atoms with van der Waals surface area (Å²) in [5.41, 5.74) is 0.569. The molecule has 0 heterocycles. The number of nitrogens with one attached hydrogen (secondary N) is 1. The van der Waals surface area contributed by atoms with E-state index < -0.39 is 0 Å². The summed E-state index contributed by atoms with van der Waals surface area (Å²) >= 11 is 2.19. The summed E-state index contributed by atoms with van der Waals surface area (Å²) in [7, 11) is 3.11. The molecule has 116 valence electrons. The number of methoxy groups -OCH3 is 2. The largest absolute Gasteiger partial charge is 0.497 e. The van der Waals surface area contributed by atoms with Gasteiger partial charge < -0.3 is 19.5 Å². The van der Waals surface area contributed by atoms with Crippen molar-refractivity contribution in [3.63, 3.8) is 0 Å². The Balaban J connectivity index is 1.97. The van der Waals surface area contributed by atoms with E-state index >= 15 is 0 Å². The van der Waals surface area contributed by atoms with Gasteiger partial charge in [-0.2, -0.15) is 0 Å². The molecule has 2 rings (SSSR count). The number of benzene rings is 2. The van der Waals surface area contributed by atoms with Crippen LogP contribution in [0.4, 0.5) is 5.69 Å². The van der Waals surface area contributed by atoms with E-state index in [4.69, 9.17) is 14.2 Å². The van der Waals surface area contributed by atoms with Crippen LogP contribution in [0.25, 0.3) is 0 Å². The van der Waals surface area contributed by atoms with Crippen molar-refractivity contribution in [2.75, 3.05) is 26.1 Å². The lowest BCUT2D eigenvalue weighted by atomic mass is 10.2. The van der Waals surface area contributed by atoms with E-state index in [-0.39, 0.29) is 12.5 Å². The highest BCUT2D eigenvalue weighted by atomic mass is 127. The van der Waals surface area contributed by atoms with Gasteiger partial charge in [-0.05, 0) is 52.9 Å². The van der Waals surface area contributed by atoms with Crippen molar-refractivity contribution in [2.45, 2.75) is 0 Å². The zero-order valence-corrected chi connectivity index (χ0v) is 14.4. The van der Waals surface area contributed by atoms with Crippen LogP contribution in [0.1, 0.15) is 0 Å². The van der Waals surface area contributed by atoms with E-state index in [9.17, 15) is 4.79 Å². The molecule has 1 N–H and O–H groups in total. The minimum Gasteiger partial charge on any atom is -0.497 e. The Bertz CT molecular complexity index is 660. The van der Waals surface area contributed by atoms with Gasteiger partial charge >= 0.3 is 0 Å². The van der Waals surface area contributed by atoms with Crippen LogP contribution in [0.3, 0.4) is 0 Å². The van der Waals surface area contributed by atoms with Crippen molar-refractivity contribution in [1.29, 1.82) is 0 Å². The lowest BCUT2D eigenvalue weighted by molar-refractivity contribution is -0.118. The Labute approximate surface area is 142 Å². The van der Waals surface area contributed by atoms with E-state index in [0.717, 1.165) is 3.57 Å². The second kappa shape index (κ2) is 7.88. The van der Waals surface area contributed by atoms with Crippen LogP contribution in [0.5, 0.6) is 17.2 Å². The minimum atomic E-state index is -0.262. The molecule has 5 nitrogen and oxygen atoms in total. The molecule has 0 aliphatic rings. The van der Waals surface area contributed by atoms with Gasteiger partial charge in [0.1, 0.15) is 17.2 Å². The Kier molecular flexibility index (Phi) is 5.88. The molecular formula is C16H16INO4. The average molecular weight is 413 g/mol. The third-order valence-electron chi connectivity index (χ3n) is 2.85. The van der Waals surface area contributed by atoms with Crippen LogP contribution in [0.15, 0.2) is 42.5 Å². The number of carbonyl (C=O) groups excluding carboxylic acids is 1. The highest BCUT2D eigenvalue weighted by molar-refractivity contribution is 14.1. The SMILES string of the molecule is COc1ccc(NC(=O)COc2cccc(I)c2)c(OC)c1. The topological polar surface area (TPSA) is 56.8 Å². The molecule has 6 heteroatoms. The maximum absolute atomic E-state index is 12.0. The molecule has 0 unspecified atom stereocenters. The normalized spacial score (nSPS) is 9.95. The molecule has 2 aromatic rings. The Morgan fingerprint density at radius 2 is 1.91 bits per heavy atom. The number of hydrogen-bond acceptors (Lipinski definition) is 4. The van der Waals surface area contributed by atoms with Gasteiger partial charge in [-0.25, -0.2) is 0 Å². The van der Waals surface area contributed by atoms with E-state index in [1.54, 1.807) is 25.3 Å². The molecule has 0 saturated carbocycles. The molecule has 2 aromatic carbocycles. The number of ether oxygens (including phenoxy) is 3. The monoisotopic (exact) mass is 413 g/mol. The first-order chi connectivity index (χ1) is 10.6. The van der Waals surface area contributed by atoms with E-state index in [0.29, 0.717) is 22.9 Å². The molecule has 0 atom stereocenters. The molecule has 0 aromatic heterocycles. The lowest BCUT2D eigenvalue weighted by Gasteiger charge is -2.12. The minimum absolute atomic E-state index is 0.0741. The predicted octanol–water partition coefficient (Wildman–Crippen LogP) is 3.33. The van der Waals surface area contributed by atoms with Crippen LogP contribution >= 0.6 is 22.6 Å². The summed E-state index contributed by atoms with van der Waals surface area (Å²) in [5, 5.41) is 2.75. The lowest BCUT2D eigenvalue weighted by Crippen LogP contribution is -2.20. The van der Waals surface area contributed by atoms with Crippen molar-refractivity contribution in [2.24, 2.45) is 0 Å². The number of carbonyl (C=O) groups is 1. The van der Waals surface area contributed by atoms with Crippen LogP contribution in [0, 0.1) is 3.57 Å². The van der Waals surface area contributed by atoms with E-state index in [1.807, 2.05) is 24.3 Å². The summed E-state index contributed by atoms with van der Waals surface area (Å²) in [6, 6.07) is 12.7. The molecular weight excluding hydrogens is 397 g/mol. The molecule has 0 aliphatic heterocycles. The summed E-state index contributed by atoms with van der Waals surface area (Å²) in [6.07, 6.45) is 0. The number of amides is 1. The third-order valence-corrected chi connectivity index (χ3v) is 3.52. The molecule has 1 amide bonds. The van der Waals surface area contributed by atoms with Gasteiger partial charge in [-0.15, -0.1) is 0 Å². The molecule has 0 fully saturated rings. The molecule has 0 radical (unpaired) electrons. The van der Waals surface area contributed by atoms with Gasteiger partial charge in [0.15, 0.2) is 6.61 Å². The Hall–Kier alpha value is -1.96. The third kappa shape index (κ3) is 4.52. The maximum atomic E-state index is 12.0. The van der Waals surface area contributed by atoms with Crippen molar-refractivity contribution >= 4 is 34.2 Å². The summed E-state index contributed by atoms with van der Waals surface area (Å²) in [5.74, 6) is 1.58. The molecule has 0 saturated heterocycles. The predicted molar refractivity (Wildman–Crippen MR) is 92.8 cm³/mol. The van der Waals surface area contributed by atoms with E-state index in [1.165, 1.54) is 7.11 Å². The number of rotatable bonds is 6.